The summed E-state index contributed by atoms with van der Waals surface area (Å²) in [6.07, 6.45) is 0.148. The van der Waals surface area contributed by atoms with Crippen molar-refractivity contribution in [2.45, 2.75) is 45.8 Å². The zero-order valence-electron chi connectivity index (χ0n) is 11.5. The second kappa shape index (κ2) is 6.06. The molecule has 19 heavy (non-hydrogen) atoms. The summed E-state index contributed by atoms with van der Waals surface area (Å²) in [6.45, 7) is 7.50. The molecule has 1 atom stereocenters. The first kappa shape index (κ1) is 15.5. The summed E-state index contributed by atoms with van der Waals surface area (Å²) in [5.74, 6) is -0.807. The largest absolute Gasteiger partial charge is 0.480 e. The maximum atomic E-state index is 11.9. The minimum Gasteiger partial charge on any atom is -0.480 e. The van der Waals surface area contributed by atoms with Crippen LogP contribution in [0.25, 0.3) is 0 Å². The predicted molar refractivity (Wildman–Crippen MR) is 73.9 cm³/mol. The van der Waals surface area contributed by atoms with E-state index >= 15 is 0 Å². The quantitative estimate of drug-likeness (QED) is 0.842. The van der Waals surface area contributed by atoms with E-state index in [2.05, 4.69) is 5.32 Å². The molecule has 0 saturated heterocycles. The Kier molecular flexibility index (Phi) is 4.94. The molecule has 0 aromatic carbocycles. The molecule has 1 heterocycles. The number of aromatic carboxylic acids is 1. The lowest BCUT2D eigenvalue weighted by Gasteiger charge is -2.26. The smallest absolute Gasteiger partial charge is 0.346 e. The fourth-order valence-corrected chi connectivity index (χ4v) is 1.93. The summed E-state index contributed by atoms with van der Waals surface area (Å²) in [5.41, 5.74) is -0.282. The van der Waals surface area contributed by atoms with Gasteiger partial charge in [-0.2, -0.15) is 0 Å². The van der Waals surface area contributed by atoms with E-state index in [0.717, 1.165) is 17.8 Å². The van der Waals surface area contributed by atoms with Crippen LogP contribution in [-0.4, -0.2) is 28.6 Å². The molecule has 5 nitrogen and oxygen atoms in total. The zero-order chi connectivity index (χ0) is 14.6. The van der Waals surface area contributed by atoms with Crippen LogP contribution in [0, 0.1) is 0 Å². The van der Waals surface area contributed by atoms with E-state index in [9.17, 15) is 9.59 Å². The standard InChI is InChI=1S/C13H19NO4S/c1-5-13(3,4)14-11(15)8(2)18-9-6-10(12(16)17)19-7-9/h6-8H,5H2,1-4H3,(H,14,15)(H,16,17). The number of carboxylic acids is 1. The highest BCUT2D eigenvalue weighted by Gasteiger charge is 2.23. The Labute approximate surface area is 116 Å². The first-order chi connectivity index (χ1) is 8.75. The van der Waals surface area contributed by atoms with Crippen LogP contribution in [0.15, 0.2) is 11.4 Å². The minimum absolute atomic E-state index is 0.191. The van der Waals surface area contributed by atoms with Crippen molar-refractivity contribution in [3.8, 4) is 5.75 Å². The van der Waals surface area contributed by atoms with Gasteiger partial charge in [0.25, 0.3) is 5.91 Å². The van der Waals surface area contributed by atoms with Gasteiger partial charge in [0.1, 0.15) is 10.6 Å². The Morgan fingerprint density at radius 3 is 2.63 bits per heavy atom. The zero-order valence-corrected chi connectivity index (χ0v) is 12.3. The highest BCUT2D eigenvalue weighted by Crippen LogP contribution is 2.22. The number of amides is 1. The molecule has 0 saturated carbocycles. The van der Waals surface area contributed by atoms with Gasteiger partial charge in [-0.25, -0.2) is 4.79 Å². The Morgan fingerprint density at radius 1 is 1.53 bits per heavy atom. The number of thiophene rings is 1. The van der Waals surface area contributed by atoms with Gasteiger partial charge in [-0.3, -0.25) is 4.79 Å². The second-order valence-electron chi connectivity index (χ2n) is 4.94. The third-order valence-electron chi connectivity index (χ3n) is 2.81. The fourth-order valence-electron chi connectivity index (χ4n) is 1.27. The third kappa shape index (κ3) is 4.55. The number of ether oxygens (including phenoxy) is 1. The number of nitrogens with one attached hydrogen (secondary N) is 1. The molecule has 0 radical (unpaired) electrons. The van der Waals surface area contributed by atoms with Gasteiger partial charge in [0, 0.05) is 17.0 Å². The van der Waals surface area contributed by atoms with Gasteiger partial charge < -0.3 is 15.2 Å². The molecule has 1 aromatic rings. The normalized spacial score (nSPS) is 12.8. The summed E-state index contributed by atoms with van der Waals surface area (Å²) in [5, 5.41) is 13.3. The maximum Gasteiger partial charge on any atom is 0.346 e. The predicted octanol–water partition coefficient (Wildman–Crippen LogP) is 2.52. The first-order valence-electron chi connectivity index (χ1n) is 6.05. The van der Waals surface area contributed by atoms with Crippen molar-refractivity contribution >= 4 is 23.2 Å². The summed E-state index contributed by atoms with van der Waals surface area (Å²) in [4.78, 5) is 22.8. The van der Waals surface area contributed by atoms with E-state index in [1.54, 1.807) is 12.3 Å². The van der Waals surface area contributed by atoms with Crippen molar-refractivity contribution in [3.63, 3.8) is 0 Å². The Hall–Kier alpha value is -1.56. The Morgan fingerprint density at radius 2 is 2.16 bits per heavy atom. The van der Waals surface area contributed by atoms with Crippen molar-refractivity contribution in [2.75, 3.05) is 0 Å². The van der Waals surface area contributed by atoms with Gasteiger partial charge >= 0.3 is 5.97 Å². The molecular weight excluding hydrogens is 266 g/mol. The van der Waals surface area contributed by atoms with Crippen LogP contribution in [0.4, 0.5) is 0 Å². The number of hydrogen-bond donors (Lipinski definition) is 2. The van der Waals surface area contributed by atoms with Gasteiger partial charge in [-0.05, 0) is 27.2 Å². The Balaban J connectivity index is 2.61. The second-order valence-corrected chi connectivity index (χ2v) is 5.85. The van der Waals surface area contributed by atoms with Gasteiger partial charge in [-0.15, -0.1) is 11.3 Å². The van der Waals surface area contributed by atoms with E-state index in [1.165, 1.54) is 6.07 Å². The van der Waals surface area contributed by atoms with E-state index in [4.69, 9.17) is 9.84 Å². The van der Waals surface area contributed by atoms with Gasteiger partial charge in [-0.1, -0.05) is 6.92 Å². The number of rotatable bonds is 6. The molecule has 1 unspecified atom stereocenters. The average molecular weight is 285 g/mol. The van der Waals surface area contributed by atoms with Crippen LogP contribution in [0.2, 0.25) is 0 Å². The van der Waals surface area contributed by atoms with Crippen LogP contribution < -0.4 is 10.1 Å². The van der Waals surface area contributed by atoms with Crippen LogP contribution in [0.3, 0.4) is 0 Å². The summed E-state index contributed by atoms with van der Waals surface area (Å²) in [6, 6.07) is 1.42. The molecule has 1 aromatic heterocycles. The van der Waals surface area contributed by atoms with Gasteiger partial charge in [0.2, 0.25) is 0 Å². The summed E-state index contributed by atoms with van der Waals surface area (Å²) in [7, 11) is 0. The molecule has 0 aliphatic rings. The van der Waals surface area contributed by atoms with Crippen LogP contribution in [0.1, 0.15) is 43.8 Å². The lowest BCUT2D eigenvalue weighted by molar-refractivity contribution is -0.128. The topological polar surface area (TPSA) is 75.6 Å². The van der Waals surface area contributed by atoms with Crippen molar-refractivity contribution in [2.24, 2.45) is 0 Å². The highest BCUT2D eigenvalue weighted by atomic mass is 32.1. The molecule has 6 heteroatoms. The van der Waals surface area contributed by atoms with E-state index < -0.39 is 12.1 Å². The first-order valence-corrected chi connectivity index (χ1v) is 6.93. The molecular formula is C13H19NO4S. The monoisotopic (exact) mass is 285 g/mol. The summed E-state index contributed by atoms with van der Waals surface area (Å²) < 4.78 is 5.43. The maximum absolute atomic E-state index is 11.9. The highest BCUT2D eigenvalue weighted by molar-refractivity contribution is 7.12. The van der Waals surface area contributed by atoms with Crippen LogP contribution >= 0.6 is 11.3 Å². The fraction of sp³-hybridized carbons (Fsp3) is 0.538. The van der Waals surface area contributed by atoms with Crippen molar-refractivity contribution in [1.82, 2.24) is 5.32 Å². The van der Waals surface area contributed by atoms with E-state index in [-0.39, 0.29) is 16.3 Å². The van der Waals surface area contributed by atoms with Crippen molar-refractivity contribution < 1.29 is 19.4 Å². The molecule has 0 aliphatic heterocycles. The number of carboxylic acid groups (broad SMARTS) is 1. The van der Waals surface area contributed by atoms with Gasteiger partial charge in [0.15, 0.2) is 6.10 Å². The molecule has 0 aliphatic carbocycles. The number of hydrogen-bond acceptors (Lipinski definition) is 4. The van der Waals surface area contributed by atoms with Crippen LogP contribution in [0.5, 0.6) is 5.75 Å². The molecule has 2 N–H and O–H groups in total. The molecule has 0 spiro atoms. The van der Waals surface area contributed by atoms with Gasteiger partial charge in [0.05, 0.1) is 0 Å². The molecule has 1 rings (SSSR count). The summed E-state index contributed by atoms with van der Waals surface area (Å²) >= 11 is 1.07. The molecule has 106 valence electrons. The third-order valence-corrected chi connectivity index (χ3v) is 3.71. The molecule has 0 bridgehead atoms. The average Bonchev–Trinajstić information content (AvgIpc) is 2.77. The molecule has 0 fully saturated rings. The van der Waals surface area contributed by atoms with Crippen molar-refractivity contribution in [1.29, 1.82) is 0 Å². The van der Waals surface area contributed by atoms with E-state index in [0.29, 0.717) is 5.75 Å². The lowest BCUT2D eigenvalue weighted by atomic mass is 10.0. The molecule has 1 amide bonds. The Bertz CT molecular complexity index is 467. The van der Waals surface area contributed by atoms with E-state index in [1.807, 2.05) is 20.8 Å². The SMILES string of the molecule is CCC(C)(C)NC(=O)C(C)Oc1csc(C(=O)O)c1. The number of carbonyl (C=O) groups excluding carboxylic acids is 1. The number of carbonyl (C=O) groups is 2. The van der Waals surface area contributed by atoms with Crippen LogP contribution in [-0.2, 0) is 4.79 Å². The van der Waals surface area contributed by atoms with Crippen molar-refractivity contribution in [3.05, 3.63) is 16.3 Å². The lowest BCUT2D eigenvalue weighted by Crippen LogP contribution is -2.48. The minimum atomic E-state index is -0.996.